The zero-order chi connectivity index (χ0) is 14.1. The average Bonchev–Trinajstić information content (AvgIpc) is 2.87. The lowest BCUT2D eigenvalue weighted by molar-refractivity contribution is 0.400. The van der Waals surface area contributed by atoms with Crippen LogP contribution >= 0.6 is 0 Å². The molecule has 1 aromatic carbocycles. The Hall–Kier alpha value is -2.36. The molecule has 0 aliphatic rings. The molecule has 0 saturated carbocycles. The monoisotopic (exact) mass is 267 g/mol. The van der Waals surface area contributed by atoms with Gasteiger partial charge < -0.3 is 4.74 Å². The van der Waals surface area contributed by atoms with E-state index in [4.69, 9.17) is 9.72 Å². The summed E-state index contributed by atoms with van der Waals surface area (Å²) in [6, 6.07) is 10.2. The van der Waals surface area contributed by atoms with Crippen molar-refractivity contribution in [2.24, 2.45) is 0 Å². The molecule has 2 aromatic heterocycles. The van der Waals surface area contributed by atoms with Crippen LogP contribution in [-0.2, 0) is 0 Å². The molecule has 0 aliphatic carbocycles. The summed E-state index contributed by atoms with van der Waals surface area (Å²) in [5.74, 6) is 0.906. The SMILES string of the molecule is COc1nccn2c(C(C)C)c(-c3ccccc3)nc12. The van der Waals surface area contributed by atoms with Gasteiger partial charge in [-0.25, -0.2) is 9.97 Å². The molecule has 0 saturated heterocycles. The van der Waals surface area contributed by atoms with E-state index < -0.39 is 0 Å². The van der Waals surface area contributed by atoms with Gasteiger partial charge in [-0.2, -0.15) is 0 Å². The number of nitrogens with zero attached hydrogens (tertiary/aromatic N) is 3. The van der Waals surface area contributed by atoms with E-state index in [0.29, 0.717) is 11.8 Å². The van der Waals surface area contributed by atoms with Gasteiger partial charge in [-0.3, -0.25) is 4.40 Å². The van der Waals surface area contributed by atoms with Gasteiger partial charge in [0.15, 0.2) is 0 Å². The highest BCUT2D eigenvalue weighted by molar-refractivity contribution is 5.69. The van der Waals surface area contributed by atoms with Gasteiger partial charge in [0.25, 0.3) is 5.88 Å². The summed E-state index contributed by atoms with van der Waals surface area (Å²) in [6.45, 7) is 4.34. The zero-order valence-electron chi connectivity index (χ0n) is 11.9. The molecule has 4 nitrogen and oxygen atoms in total. The molecule has 0 unspecified atom stereocenters. The minimum atomic E-state index is 0.354. The van der Waals surface area contributed by atoms with Gasteiger partial charge in [0, 0.05) is 18.0 Å². The molecule has 102 valence electrons. The van der Waals surface area contributed by atoms with Crippen LogP contribution in [0.15, 0.2) is 42.7 Å². The van der Waals surface area contributed by atoms with Crippen molar-refractivity contribution in [1.29, 1.82) is 0 Å². The molecule has 20 heavy (non-hydrogen) atoms. The summed E-state index contributed by atoms with van der Waals surface area (Å²) in [6.07, 6.45) is 3.68. The molecule has 0 atom stereocenters. The van der Waals surface area contributed by atoms with Crippen LogP contribution in [0.4, 0.5) is 0 Å². The molecule has 2 heterocycles. The molecule has 0 amide bonds. The molecule has 0 fully saturated rings. The first-order valence-corrected chi connectivity index (χ1v) is 6.68. The molecular formula is C16H17N3O. The average molecular weight is 267 g/mol. The Morgan fingerprint density at radius 3 is 2.55 bits per heavy atom. The second kappa shape index (κ2) is 4.96. The van der Waals surface area contributed by atoms with E-state index in [1.165, 1.54) is 5.69 Å². The van der Waals surface area contributed by atoms with E-state index in [-0.39, 0.29) is 0 Å². The van der Waals surface area contributed by atoms with Crippen LogP contribution in [-0.4, -0.2) is 21.5 Å². The fraction of sp³-hybridized carbons (Fsp3) is 0.250. The maximum absolute atomic E-state index is 5.32. The van der Waals surface area contributed by atoms with Gasteiger partial charge in [0.1, 0.15) is 0 Å². The molecule has 3 rings (SSSR count). The Bertz CT molecular complexity index is 732. The summed E-state index contributed by atoms with van der Waals surface area (Å²) < 4.78 is 7.39. The van der Waals surface area contributed by atoms with E-state index in [1.54, 1.807) is 13.3 Å². The van der Waals surface area contributed by atoms with Crippen LogP contribution in [0.1, 0.15) is 25.5 Å². The highest BCUT2D eigenvalue weighted by Gasteiger charge is 2.19. The number of hydrogen-bond acceptors (Lipinski definition) is 3. The minimum absolute atomic E-state index is 0.354. The Morgan fingerprint density at radius 1 is 1.15 bits per heavy atom. The maximum atomic E-state index is 5.32. The molecule has 3 aromatic rings. The largest absolute Gasteiger partial charge is 0.478 e. The third-order valence-electron chi connectivity index (χ3n) is 3.33. The molecule has 0 bridgehead atoms. The molecule has 0 aliphatic heterocycles. The lowest BCUT2D eigenvalue weighted by Crippen LogP contribution is -1.98. The summed E-state index contributed by atoms with van der Waals surface area (Å²) in [5.41, 5.74) is 4.04. The normalized spacial score (nSPS) is 11.2. The Balaban J connectivity index is 2.34. The highest BCUT2D eigenvalue weighted by atomic mass is 16.5. The van der Waals surface area contributed by atoms with Crippen LogP contribution in [0.3, 0.4) is 0 Å². The molecule has 0 radical (unpaired) electrons. The summed E-state index contributed by atoms with van der Waals surface area (Å²) in [5, 5.41) is 0. The van der Waals surface area contributed by atoms with E-state index in [2.05, 4.69) is 35.4 Å². The topological polar surface area (TPSA) is 39.4 Å². The van der Waals surface area contributed by atoms with Crippen molar-refractivity contribution in [2.75, 3.05) is 7.11 Å². The highest BCUT2D eigenvalue weighted by Crippen LogP contribution is 2.31. The second-order valence-electron chi connectivity index (χ2n) is 5.00. The Kier molecular flexibility index (Phi) is 3.14. The third-order valence-corrected chi connectivity index (χ3v) is 3.33. The number of benzene rings is 1. The number of imidazole rings is 1. The first-order chi connectivity index (χ1) is 9.72. The van der Waals surface area contributed by atoms with Crippen molar-refractivity contribution in [3.63, 3.8) is 0 Å². The summed E-state index contributed by atoms with van der Waals surface area (Å²) in [4.78, 5) is 8.98. The van der Waals surface area contributed by atoms with Crippen LogP contribution in [0.2, 0.25) is 0 Å². The Morgan fingerprint density at radius 2 is 1.90 bits per heavy atom. The maximum Gasteiger partial charge on any atom is 0.258 e. The first kappa shape index (κ1) is 12.7. The Labute approximate surface area is 118 Å². The number of methoxy groups -OCH3 is 1. The smallest absolute Gasteiger partial charge is 0.258 e. The molecule has 4 heteroatoms. The quantitative estimate of drug-likeness (QED) is 0.728. The second-order valence-corrected chi connectivity index (χ2v) is 5.00. The molecular weight excluding hydrogens is 250 g/mol. The van der Waals surface area contributed by atoms with Crippen molar-refractivity contribution in [2.45, 2.75) is 19.8 Å². The first-order valence-electron chi connectivity index (χ1n) is 6.68. The predicted octanol–water partition coefficient (Wildman–Crippen LogP) is 3.53. The van der Waals surface area contributed by atoms with Gasteiger partial charge in [-0.05, 0) is 5.92 Å². The zero-order valence-corrected chi connectivity index (χ0v) is 11.9. The van der Waals surface area contributed by atoms with Gasteiger partial charge >= 0.3 is 0 Å². The fourth-order valence-electron chi connectivity index (χ4n) is 2.48. The van der Waals surface area contributed by atoms with Crippen LogP contribution in [0.5, 0.6) is 5.88 Å². The van der Waals surface area contributed by atoms with Gasteiger partial charge in [-0.1, -0.05) is 44.2 Å². The van der Waals surface area contributed by atoms with Gasteiger partial charge in [-0.15, -0.1) is 0 Å². The minimum Gasteiger partial charge on any atom is -0.478 e. The predicted molar refractivity (Wildman–Crippen MR) is 79.1 cm³/mol. The van der Waals surface area contributed by atoms with Crippen molar-refractivity contribution in [3.8, 4) is 17.1 Å². The van der Waals surface area contributed by atoms with E-state index in [1.807, 2.05) is 24.4 Å². The molecule has 0 spiro atoms. The van der Waals surface area contributed by atoms with E-state index in [9.17, 15) is 0 Å². The van der Waals surface area contributed by atoms with Crippen LogP contribution in [0, 0.1) is 0 Å². The number of rotatable bonds is 3. The lowest BCUT2D eigenvalue weighted by Gasteiger charge is -2.08. The summed E-state index contributed by atoms with van der Waals surface area (Å²) in [7, 11) is 1.62. The number of hydrogen-bond donors (Lipinski definition) is 0. The van der Waals surface area contributed by atoms with E-state index >= 15 is 0 Å². The van der Waals surface area contributed by atoms with Crippen molar-refractivity contribution in [1.82, 2.24) is 14.4 Å². The number of fused-ring (bicyclic) bond motifs is 1. The van der Waals surface area contributed by atoms with Crippen molar-refractivity contribution >= 4 is 5.65 Å². The van der Waals surface area contributed by atoms with Gasteiger partial charge in [0.2, 0.25) is 5.65 Å². The standard InChI is InChI=1S/C16H17N3O/c1-11(2)14-13(12-7-5-4-6-8-12)18-15-16(20-3)17-9-10-19(14)15/h4-11H,1-3H3. The van der Waals surface area contributed by atoms with Gasteiger partial charge in [0.05, 0.1) is 18.5 Å². The number of aromatic nitrogens is 3. The number of ether oxygens (including phenoxy) is 1. The van der Waals surface area contributed by atoms with E-state index in [0.717, 1.165) is 16.9 Å². The van der Waals surface area contributed by atoms with Crippen LogP contribution in [0.25, 0.3) is 16.9 Å². The summed E-state index contributed by atoms with van der Waals surface area (Å²) >= 11 is 0. The fourth-order valence-corrected chi connectivity index (χ4v) is 2.48. The third kappa shape index (κ3) is 1.93. The molecule has 0 N–H and O–H groups in total. The van der Waals surface area contributed by atoms with Crippen molar-refractivity contribution in [3.05, 3.63) is 48.4 Å². The van der Waals surface area contributed by atoms with Crippen LogP contribution < -0.4 is 4.74 Å². The van der Waals surface area contributed by atoms with Crippen molar-refractivity contribution < 1.29 is 4.74 Å². The lowest BCUT2D eigenvalue weighted by atomic mass is 10.0.